The summed E-state index contributed by atoms with van der Waals surface area (Å²) in [6, 6.07) is 4.29. The van der Waals surface area contributed by atoms with Crippen LogP contribution >= 0.6 is 25.2 Å². The van der Waals surface area contributed by atoms with Crippen molar-refractivity contribution in [2.45, 2.75) is 25.6 Å². The highest BCUT2D eigenvalue weighted by Gasteiger charge is 2.13. The second-order valence-electron chi connectivity index (χ2n) is 3.93. The van der Waals surface area contributed by atoms with Crippen LogP contribution in [-0.4, -0.2) is 0 Å². The molecule has 0 N–H and O–H groups in total. The van der Waals surface area contributed by atoms with Crippen LogP contribution in [0.2, 0.25) is 0 Å². The number of alkyl halides is 1. The molecule has 2 aromatic rings. The summed E-state index contributed by atoms with van der Waals surface area (Å²) in [5, 5.41) is 2.44. The highest BCUT2D eigenvalue weighted by atomic mass is 79.9. The summed E-state index contributed by atoms with van der Waals surface area (Å²) < 4.78 is 5.84. The van der Waals surface area contributed by atoms with E-state index in [0.29, 0.717) is 0 Å². The minimum absolute atomic E-state index is 0.258. The van der Waals surface area contributed by atoms with Gasteiger partial charge < -0.3 is 4.42 Å². The monoisotopic (exact) mass is 284 g/mol. The van der Waals surface area contributed by atoms with Gasteiger partial charge in [-0.25, -0.2) is 0 Å². The number of fused-ring (bicyclic) bond motifs is 1. The third kappa shape index (κ3) is 1.86. The van der Waals surface area contributed by atoms with Crippen molar-refractivity contribution in [2.24, 2.45) is 0 Å². The quantitative estimate of drug-likeness (QED) is 0.570. The van der Waals surface area contributed by atoms with Crippen molar-refractivity contribution in [3.63, 3.8) is 0 Å². The maximum absolute atomic E-state index is 5.84. The molecule has 0 saturated carbocycles. The van der Waals surface area contributed by atoms with Crippen molar-refractivity contribution in [3.05, 3.63) is 29.0 Å². The second kappa shape index (κ2) is 3.92. The minimum atomic E-state index is 0.258. The number of rotatable bonds is 1. The Morgan fingerprint density at radius 3 is 2.53 bits per heavy atom. The molecule has 1 aromatic carbocycles. The number of benzene rings is 1. The molecule has 0 fully saturated rings. The lowest BCUT2D eigenvalue weighted by molar-refractivity contribution is 0.553. The number of hydrogen-bond acceptors (Lipinski definition) is 1. The van der Waals surface area contributed by atoms with Gasteiger partial charge >= 0.3 is 0 Å². The Morgan fingerprint density at radius 2 is 1.93 bits per heavy atom. The van der Waals surface area contributed by atoms with Crippen LogP contribution in [0, 0.1) is 13.8 Å². The maximum atomic E-state index is 5.84. The fourth-order valence-electron chi connectivity index (χ4n) is 1.78. The molecule has 15 heavy (non-hydrogen) atoms. The molecule has 0 spiro atoms. The lowest BCUT2D eigenvalue weighted by atomic mass is 10.1. The summed E-state index contributed by atoms with van der Waals surface area (Å²) in [6.07, 6.45) is 0. The Hall–Kier alpha value is -0.330. The van der Waals surface area contributed by atoms with Crippen molar-refractivity contribution in [1.82, 2.24) is 0 Å². The van der Waals surface area contributed by atoms with Gasteiger partial charge in [0.1, 0.15) is 11.3 Å². The third-order valence-corrected chi connectivity index (χ3v) is 3.87. The molecule has 0 amide bonds. The van der Waals surface area contributed by atoms with Crippen molar-refractivity contribution in [2.75, 3.05) is 0 Å². The molecular weight excluding hydrogens is 271 g/mol. The van der Waals surface area contributed by atoms with Gasteiger partial charge in [-0.2, -0.15) is 0 Å². The van der Waals surface area contributed by atoms with E-state index in [9.17, 15) is 0 Å². The number of hydrogen-bond donors (Lipinski definition) is 0. The SMILES string of the molecule is Cc1cc(C)c2oc(C(C)Br)cc2c1P. The summed E-state index contributed by atoms with van der Waals surface area (Å²) in [5.74, 6) is 0.988. The fraction of sp³-hybridized carbons (Fsp3) is 0.333. The Balaban J connectivity index is 2.80. The van der Waals surface area contributed by atoms with Crippen LogP contribution in [0.5, 0.6) is 0 Å². The van der Waals surface area contributed by atoms with E-state index in [1.807, 2.05) is 0 Å². The largest absolute Gasteiger partial charge is 0.460 e. The van der Waals surface area contributed by atoms with Gasteiger partial charge in [0.15, 0.2) is 0 Å². The zero-order valence-corrected chi connectivity index (χ0v) is 11.8. The Kier molecular flexibility index (Phi) is 2.92. The highest BCUT2D eigenvalue weighted by molar-refractivity contribution is 9.09. The van der Waals surface area contributed by atoms with Gasteiger partial charge in [0, 0.05) is 5.39 Å². The molecule has 0 aliphatic rings. The molecule has 0 bridgehead atoms. The van der Waals surface area contributed by atoms with E-state index in [-0.39, 0.29) is 4.83 Å². The molecule has 0 aliphatic heterocycles. The van der Waals surface area contributed by atoms with Crippen molar-refractivity contribution in [3.8, 4) is 0 Å². The van der Waals surface area contributed by atoms with Crippen LogP contribution in [0.1, 0.15) is 28.6 Å². The van der Waals surface area contributed by atoms with Crippen molar-refractivity contribution >= 4 is 41.4 Å². The smallest absolute Gasteiger partial charge is 0.137 e. The minimum Gasteiger partial charge on any atom is -0.460 e. The molecule has 1 nitrogen and oxygen atoms in total. The molecule has 0 saturated heterocycles. The average molecular weight is 285 g/mol. The topological polar surface area (TPSA) is 13.1 Å². The van der Waals surface area contributed by atoms with Crippen LogP contribution in [0.15, 0.2) is 16.5 Å². The van der Waals surface area contributed by atoms with E-state index in [1.165, 1.54) is 21.8 Å². The van der Waals surface area contributed by atoms with E-state index in [1.54, 1.807) is 0 Å². The summed E-state index contributed by atoms with van der Waals surface area (Å²) in [7, 11) is 2.79. The lowest BCUT2D eigenvalue weighted by Crippen LogP contribution is -1.98. The van der Waals surface area contributed by atoms with Crippen LogP contribution in [0.25, 0.3) is 11.0 Å². The van der Waals surface area contributed by atoms with E-state index in [2.05, 4.69) is 58.1 Å². The molecular formula is C12H14BrOP. The first-order chi connectivity index (χ1) is 7.00. The van der Waals surface area contributed by atoms with Gasteiger partial charge in [0.25, 0.3) is 0 Å². The number of halogens is 1. The zero-order chi connectivity index (χ0) is 11.2. The van der Waals surface area contributed by atoms with Crippen molar-refractivity contribution in [1.29, 1.82) is 0 Å². The van der Waals surface area contributed by atoms with Gasteiger partial charge in [0.2, 0.25) is 0 Å². The number of aryl methyl sites for hydroxylation is 2. The van der Waals surface area contributed by atoms with Crippen LogP contribution < -0.4 is 5.30 Å². The first kappa shape index (κ1) is 11.2. The van der Waals surface area contributed by atoms with Crippen LogP contribution in [0.4, 0.5) is 0 Å². The highest BCUT2D eigenvalue weighted by Crippen LogP contribution is 2.30. The summed E-state index contributed by atoms with van der Waals surface area (Å²) in [5.41, 5.74) is 3.50. The Morgan fingerprint density at radius 1 is 1.27 bits per heavy atom. The molecule has 2 atom stereocenters. The summed E-state index contributed by atoms with van der Waals surface area (Å²) in [4.78, 5) is 0.258. The van der Waals surface area contributed by atoms with Crippen LogP contribution in [-0.2, 0) is 0 Å². The Labute approximate surface area is 101 Å². The lowest BCUT2D eigenvalue weighted by Gasteiger charge is -2.02. The van der Waals surface area contributed by atoms with E-state index < -0.39 is 0 Å². The molecule has 1 heterocycles. The average Bonchev–Trinajstić information content (AvgIpc) is 2.59. The standard InChI is InChI=1S/C12H14BrOP/c1-6-4-7(2)12(15)9-5-10(8(3)13)14-11(6)9/h4-5,8H,15H2,1-3H3. The van der Waals surface area contributed by atoms with Gasteiger partial charge in [-0.3, -0.25) is 0 Å². The van der Waals surface area contributed by atoms with Gasteiger partial charge in [0.05, 0.1) is 4.83 Å². The van der Waals surface area contributed by atoms with Gasteiger partial charge in [-0.05, 0) is 43.3 Å². The molecule has 3 heteroatoms. The van der Waals surface area contributed by atoms with E-state index in [4.69, 9.17) is 4.42 Å². The van der Waals surface area contributed by atoms with Crippen molar-refractivity contribution < 1.29 is 4.42 Å². The number of furan rings is 1. The normalized spacial score (nSPS) is 13.4. The molecule has 2 rings (SSSR count). The molecule has 80 valence electrons. The molecule has 2 unspecified atom stereocenters. The van der Waals surface area contributed by atoms with Gasteiger partial charge in [-0.15, -0.1) is 9.24 Å². The van der Waals surface area contributed by atoms with Crippen LogP contribution in [0.3, 0.4) is 0 Å². The maximum Gasteiger partial charge on any atom is 0.137 e. The van der Waals surface area contributed by atoms with E-state index >= 15 is 0 Å². The first-order valence-corrected chi connectivity index (χ1v) is 6.43. The zero-order valence-electron chi connectivity index (χ0n) is 9.10. The predicted molar refractivity (Wildman–Crippen MR) is 72.4 cm³/mol. The molecule has 1 aromatic heterocycles. The molecule has 0 radical (unpaired) electrons. The van der Waals surface area contributed by atoms with E-state index in [0.717, 1.165) is 11.3 Å². The fourth-order valence-corrected chi connectivity index (χ4v) is 2.30. The summed E-state index contributed by atoms with van der Waals surface area (Å²) >= 11 is 3.53. The Bertz CT molecular complexity index is 514. The summed E-state index contributed by atoms with van der Waals surface area (Å²) in [6.45, 7) is 6.28. The first-order valence-electron chi connectivity index (χ1n) is 4.94. The van der Waals surface area contributed by atoms with Gasteiger partial charge in [-0.1, -0.05) is 22.0 Å². The second-order valence-corrected chi connectivity index (χ2v) is 5.88. The molecule has 0 aliphatic carbocycles. The third-order valence-electron chi connectivity index (χ3n) is 2.65. The predicted octanol–water partition coefficient (Wildman–Crippen LogP) is 4.01.